The number of hydrogen-bond donors (Lipinski definition) is 1. The van der Waals surface area contributed by atoms with E-state index in [0.717, 1.165) is 27.8 Å². The minimum absolute atomic E-state index is 0.0566. The van der Waals surface area contributed by atoms with E-state index in [4.69, 9.17) is 11.6 Å². The van der Waals surface area contributed by atoms with Crippen LogP contribution < -0.4 is 5.32 Å². The Bertz CT molecular complexity index is 830. The van der Waals surface area contributed by atoms with Crippen molar-refractivity contribution in [2.75, 3.05) is 5.75 Å². The second-order valence-electron chi connectivity index (χ2n) is 7.26. The van der Waals surface area contributed by atoms with Gasteiger partial charge in [0.2, 0.25) is 11.8 Å². The van der Waals surface area contributed by atoms with Gasteiger partial charge in [-0.05, 0) is 55.7 Å². The van der Waals surface area contributed by atoms with Crippen molar-refractivity contribution in [2.45, 2.75) is 51.6 Å². The van der Waals surface area contributed by atoms with Gasteiger partial charge in [-0.3, -0.25) is 9.59 Å². The van der Waals surface area contributed by atoms with E-state index in [-0.39, 0.29) is 17.9 Å². The highest BCUT2D eigenvalue weighted by Gasteiger charge is 2.26. The average Bonchev–Trinajstić information content (AvgIpc) is 2.74. The van der Waals surface area contributed by atoms with Gasteiger partial charge >= 0.3 is 0 Å². The molecule has 0 heterocycles. The highest BCUT2D eigenvalue weighted by Crippen LogP contribution is 2.19. The van der Waals surface area contributed by atoms with E-state index in [1.165, 1.54) is 0 Å². The Balaban J connectivity index is 2.06. The fourth-order valence-electron chi connectivity index (χ4n) is 2.75. The molecule has 0 fully saturated rings. The van der Waals surface area contributed by atoms with Crippen molar-refractivity contribution in [3.05, 3.63) is 69.2 Å². The Morgan fingerprint density at radius 2 is 1.67 bits per heavy atom. The molecular weight excluding hydrogens is 484 g/mol. The number of hydrogen-bond acceptors (Lipinski definition) is 3. The van der Waals surface area contributed by atoms with Crippen LogP contribution >= 0.6 is 39.3 Å². The van der Waals surface area contributed by atoms with E-state index in [9.17, 15) is 9.59 Å². The summed E-state index contributed by atoms with van der Waals surface area (Å²) in [7, 11) is 0. The molecule has 0 aromatic heterocycles. The third-order valence-electron chi connectivity index (χ3n) is 4.84. The molecule has 0 unspecified atom stereocenters. The van der Waals surface area contributed by atoms with Gasteiger partial charge in [0.1, 0.15) is 6.04 Å². The van der Waals surface area contributed by atoms with Crippen LogP contribution in [0.25, 0.3) is 0 Å². The Labute approximate surface area is 196 Å². The predicted molar refractivity (Wildman–Crippen MR) is 130 cm³/mol. The van der Waals surface area contributed by atoms with Crippen molar-refractivity contribution in [1.29, 1.82) is 0 Å². The van der Waals surface area contributed by atoms with Gasteiger partial charge in [-0.2, -0.15) is 0 Å². The molecule has 4 nitrogen and oxygen atoms in total. The van der Waals surface area contributed by atoms with Crippen LogP contribution in [0.1, 0.15) is 38.3 Å². The number of thioether (sulfide) groups is 1. The van der Waals surface area contributed by atoms with Gasteiger partial charge in [0, 0.05) is 27.8 Å². The Morgan fingerprint density at radius 1 is 1.07 bits per heavy atom. The minimum Gasteiger partial charge on any atom is -0.352 e. The van der Waals surface area contributed by atoms with Gasteiger partial charge in [0.25, 0.3) is 0 Å². The maximum absolute atomic E-state index is 13.1. The topological polar surface area (TPSA) is 49.4 Å². The quantitative estimate of drug-likeness (QED) is 0.447. The molecule has 2 amide bonds. The van der Waals surface area contributed by atoms with Crippen molar-refractivity contribution in [2.24, 2.45) is 0 Å². The molecule has 30 heavy (non-hydrogen) atoms. The summed E-state index contributed by atoms with van der Waals surface area (Å²) >= 11 is 11.0. The molecule has 0 radical (unpaired) electrons. The highest BCUT2D eigenvalue weighted by molar-refractivity contribution is 9.10. The first-order valence-corrected chi connectivity index (χ1v) is 12.3. The van der Waals surface area contributed by atoms with Crippen molar-refractivity contribution >= 4 is 51.1 Å². The normalized spacial score (nSPS) is 12.8. The largest absolute Gasteiger partial charge is 0.352 e. The summed E-state index contributed by atoms with van der Waals surface area (Å²) in [6.07, 6.45) is 0.840. The van der Waals surface area contributed by atoms with Gasteiger partial charge < -0.3 is 10.2 Å². The summed E-state index contributed by atoms with van der Waals surface area (Å²) in [5.41, 5.74) is 2.09. The first-order valence-electron chi connectivity index (χ1n) is 9.96. The molecule has 7 heteroatoms. The molecule has 0 aliphatic carbocycles. The van der Waals surface area contributed by atoms with Crippen molar-refractivity contribution in [1.82, 2.24) is 10.2 Å². The lowest BCUT2D eigenvalue weighted by Crippen LogP contribution is -2.50. The molecule has 0 spiro atoms. The lowest BCUT2D eigenvalue weighted by Gasteiger charge is -2.29. The third kappa shape index (κ3) is 7.97. The molecular formula is C23H28BrClN2O2S. The zero-order chi connectivity index (χ0) is 22.1. The first kappa shape index (κ1) is 24.8. The van der Waals surface area contributed by atoms with E-state index >= 15 is 0 Å². The zero-order valence-corrected chi connectivity index (χ0v) is 20.7. The zero-order valence-electron chi connectivity index (χ0n) is 17.5. The number of rotatable bonds is 10. The smallest absolute Gasteiger partial charge is 0.242 e. The van der Waals surface area contributed by atoms with Crippen LogP contribution in [0.4, 0.5) is 0 Å². The van der Waals surface area contributed by atoms with E-state index in [2.05, 4.69) is 21.2 Å². The first-order chi connectivity index (χ1) is 14.3. The summed E-state index contributed by atoms with van der Waals surface area (Å²) in [6, 6.07) is 14.9. The minimum atomic E-state index is -0.560. The highest BCUT2D eigenvalue weighted by atomic mass is 79.9. The molecule has 2 rings (SSSR count). The van der Waals surface area contributed by atoms with E-state index in [1.807, 2.05) is 50.2 Å². The maximum Gasteiger partial charge on any atom is 0.242 e. The molecule has 2 aromatic rings. The van der Waals surface area contributed by atoms with Crippen LogP contribution in [-0.4, -0.2) is 34.6 Å². The van der Waals surface area contributed by atoms with Crippen LogP contribution in [0.3, 0.4) is 0 Å². The van der Waals surface area contributed by atoms with Crippen molar-refractivity contribution in [3.63, 3.8) is 0 Å². The number of nitrogens with one attached hydrogen (secondary N) is 1. The fraction of sp³-hybridized carbons (Fsp3) is 0.391. The van der Waals surface area contributed by atoms with Gasteiger partial charge in [-0.15, -0.1) is 11.8 Å². The van der Waals surface area contributed by atoms with Gasteiger partial charge in [0.15, 0.2) is 0 Å². The van der Waals surface area contributed by atoms with Crippen LogP contribution in [0.15, 0.2) is 53.0 Å². The number of carbonyl (C=O) groups excluding carboxylic acids is 2. The Kier molecular flexibility index (Phi) is 10.2. The third-order valence-corrected chi connectivity index (χ3v) is 6.61. The molecule has 0 aliphatic heterocycles. The van der Waals surface area contributed by atoms with Gasteiger partial charge in [0.05, 0.1) is 5.75 Å². The summed E-state index contributed by atoms with van der Waals surface area (Å²) < 4.78 is 1.03. The molecule has 0 bridgehead atoms. The number of amides is 2. The van der Waals surface area contributed by atoms with E-state index in [0.29, 0.717) is 17.3 Å². The number of benzene rings is 2. The SMILES string of the molecule is CC[C@@H](C)NC(=O)[C@@H](C)N(Cc1ccc(Cl)cc1)C(=O)CSCc1ccc(Br)cc1. The lowest BCUT2D eigenvalue weighted by molar-refractivity contribution is -0.138. The maximum atomic E-state index is 13.1. The molecule has 0 saturated carbocycles. The van der Waals surface area contributed by atoms with Crippen molar-refractivity contribution < 1.29 is 9.59 Å². The average molecular weight is 512 g/mol. The summed E-state index contributed by atoms with van der Waals surface area (Å²) in [4.78, 5) is 27.4. The van der Waals surface area contributed by atoms with E-state index < -0.39 is 6.04 Å². The van der Waals surface area contributed by atoms with Gasteiger partial charge in [-0.1, -0.05) is 58.7 Å². The second kappa shape index (κ2) is 12.4. The van der Waals surface area contributed by atoms with Crippen LogP contribution in [0.2, 0.25) is 5.02 Å². The van der Waals surface area contributed by atoms with Crippen LogP contribution in [0.5, 0.6) is 0 Å². The molecule has 1 N–H and O–H groups in total. The number of carbonyl (C=O) groups is 2. The van der Waals surface area contributed by atoms with Crippen LogP contribution in [0, 0.1) is 0 Å². The molecule has 162 valence electrons. The number of halogens is 2. The lowest BCUT2D eigenvalue weighted by atomic mass is 10.1. The predicted octanol–water partition coefficient (Wildman–Crippen LogP) is 5.67. The summed E-state index contributed by atoms with van der Waals surface area (Å²) in [5.74, 6) is 0.856. The second-order valence-corrected chi connectivity index (χ2v) is 9.60. The molecule has 2 aromatic carbocycles. The summed E-state index contributed by atoms with van der Waals surface area (Å²) in [6.45, 7) is 6.13. The molecule has 0 aliphatic rings. The monoisotopic (exact) mass is 510 g/mol. The Hall–Kier alpha value is -1.50. The number of nitrogens with zero attached hydrogens (tertiary/aromatic N) is 1. The Morgan fingerprint density at radius 3 is 2.27 bits per heavy atom. The van der Waals surface area contributed by atoms with E-state index in [1.54, 1.807) is 35.7 Å². The fourth-order valence-corrected chi connectivity index (χ4v) is 4.02. The molecule has 0 saturated heterocycles. The van der Waals surface area contributed by atoms with Crippen molar-refractivity contribution in [3.8, 4) is 0 Å². The summed E-state index contributed by atoms with van der Waals surface area (Å²) in [5, 5.41) is 3.62. The molecule has 2 atom stereocenters. The van der Waals surface area contributed by atoms with Gasteiger partial charge in [-0.25, -0.2) is 0 Å². The standard InChI is InChI=1S/C23H28BrClN2O2S/c1-4-16(2)26-23(29)17(3)27(13-18-7-11-21(25)12-8-18)22(28)15-30-14-19-5-9-20(24)10-6-19/h5-12,16-17H,4,13-15H2,1-3H3,(H,26,29)/t16-,17-/m1/s1. The van der Waals surface area contributed by atoms with Crippen LogP contribution in [-0.2, 0) is 21.9 Å².